The number of furan rings is 1. The molecule has 3 heterocycles. The summed E-state index contributed by atoms with van der Waals surface area (Å²) in [5.41, 5.74) is 2.19. The Labute approximate surface area is 152 Å². The van der Waals surface area contributed by atoms with E-state index in [-0.39, 0.29) is 11.7 Å². The molecule has 0 aliphatic carbocycles. The third kappa shape index (κ3) is 3.01. The molecule has 1 aliphatic heterocycles. The van der Waals surface area contributed by atoms with Crippen LogP contribution in [-0.2, 0) is 0 Å². The van der Waals surface area contributed by atoms with E-state index in [1.165, 1.54) is 17.7 Å². The number of thiazole rings is 1. The average molecular weight is 372 g/mol. The van der Waals surface area contributed by atoms with Crippen LogP contribution in [0, 0.1) is 17.0 Å². The van der Waals surface area contributed by atoms with E-state index < -0.39 is 10.8 Å². The predicted molar refractivity (Wildman–Crippen MR) is 97.8 cm³/mol. The quantitative estimate of drug-likeness (QED) is 0.518. The standard InChI is InChI=1S/C17H16N4O4S/c1-11-2-3-12-14(10-11)26-17(18-12)20-8-6-19(7-9-20)16(22)13-4-5-15(25-13)21(23)24/h2-5,10H,6-9H2,1H3. The van der Waals surface area contributed by atoms with Gasteiger partial charge in [-0.1, -0.05) is 17.4 Å². The fraction of sp³-hybridized carbons (Fsp3) is 0.294. The number of anilines is 1. The van der Waals surface area contributed by atoms with Crippen molar-refractivity contribution < 1.29 is 14.1 Å². The molecule has 8 nitrogen and oxygen atoms in total. The van der Waals surface area contributed by atoms with Crippen LogP contribution in [-0.4, -0.2) is 46.9 Å². The maximum Gasteiger partial charge on any atom is 0.433 e. The number of carbonyl (C=O) groups excluding carboxylic acids is 1. The molecule has 0 N–H and O–H groups in total. The number of benzene rings is 1. The molecule has 9 heteroatoms. The van der Waals surface area contributed by atoms with Crippen molar-refractivity contribution in [3.63, 3.8) is 0 Å². The van der Waals surface area contributed by atoms with Gasteiger partial charge in [0.2, 0.25) is 0 Å². The summed E-state index contributed by atoms with van der Waals surface area (Å²) in [6.07, 6.45) is 0. The molecule has 1 aromatic carbocycles. The molecule has 134 valence electrons. The molecule has 0 unspecified atom stereocenters. The highest BCUT2D eigenvalue weighted by Crippen LogP contribution is 2.30. The van der Waals surface area contributed by atoms with Crippen molar-refractivity contribution >= 4 is 38.5 Å². The van der Waals surface area contributed by atoms with Gasteiger partial charge in [0.1, 0.15) is 4.92 Å². The zero-order valence-corrected chi connectivity index (χ0v) is 14.9. The summed E-state index contributed by atoms with van der Waals surface area (Å²) in [6, 6.07) is 8.74. The monoisotopic (exact) mass is 372 g/mol. The first-order chi connectivity index (χ1) is 12.5. The highest BCUT2D eigenvalue weighted by atomic mass is 32.1. The molecular formula is C17H16N4O4S. The largest absolute Gasteiger partial charge is 0.433 e. The van der Waals surface area contributed by atoms with Crippen LogP contribution in [0.3, 0.4) is 0 Å². The van der Waals surface area contributed by atoms with Crippen molar-refractivity contribution in [2.75, 3.05) is 31.1 Å². The Bertz CT molecular complexity index is 988. The van der Waals surface area contributed by atoms with Crippen LogP contribution in [0.1, 0.15) is 16.1 Å². The summed E-state index contributed by atoms with van der Waals surface area (Å²) in [4.78, 5) is 31.0. The van der Waals surface area contributed by atoms with Gasteiger partial charge in [0.25, 0.3) is 5.91 Å². The van der Waals surface area contributed by atoms with Crippen molar-refractivity contribution in [3.05, 3.63) is 51.8 Å². The fourth-order valence-electron chi connectivity index (χ4n) is 2.95. The van der Waals surface area contributed by atoms with Crippen LogP contribution in [0.4, 0.5) is 11.0 Å². The van der Waals surface area contributed by atoms with E-state index in [1.54, 1.807) is 16.2 Å². The Balaban J connectivity index is 1.44. The van der Waals surface area contributed by atoms with Gasteiger partial charge < -0.3 is 14.2 Å². The maximum absolute atomic E-state index is 12.4. The van der Waals surface area contributed by atoms with Crippen molar-refractivity contribution in [3.8, 4) is 0 Å². The molecule has 26 heavy (non-hydrogen) atoms. The molecule has 0 atom stereocenters. The molecule has 4 rings (SSSR count). The second-order valence-corrected chi connectivity index (χ2v) is 7.15. The van der Waals surface area contributed by atoms with E-state index in [9.17, 15) is 14.9 Å². The summed E-state index contributed by atoms with van der Waals surface area (Å²) in [6.45, 7) is 4.41. The number of hydrogen-bond donors (Lipinski definition) is 0. The minimum Gasteiger partial charge on any atom is -0.395 e. The van der Waals surface area contributed by atoms with Crippen molar-refractivity contribution in [2.45, 2.75) is 6.92 Å². The van der Waals surface area contributed by atoms with Crippen LogP contribution < -0.4 is 4.90 Å². The highest BCUT2D eigenvalue weighted by Gasteiger charge is 2.27. The number of hydrogen-bond acceptors (Lipinski definition) is 7. The van der Waals surface area contributed by atoms with Crippen LogP contribution in [0.15, 0.2) is 34.7 Å². The van der Waals surface area contributed by atoms with Gasteiger partial charge in [-0.25, -0.2) is 4.98 Å². The number of nitro groups is 1. The molecule has 1 fully saturated rings. The molecule has 3 aromatic rings. The molecular weight excluding hydrogens is 356 g/mol. The summed E-state index contributed by atoms with van der Waals surface area (Å²) in [7, 11) is 0. The summed E-state index contributed by atoms with van der Waals surface area (Å²) < 4.78 is 6.16. The van der Waals surface area contributed by atoms with E-state index in [0.717, 1.165) is 15.3 Å². The van der Waals surface area contributed by atoms with Gasteiger partial charge in [-0.05, 0) is 30.7 Å². The first kappa shape index (κ1) is 16.5. The SMILES string of the molecule is Cc1ccc2nc(N3CCN(C(=O)c4ccc([N+](=O)[O-])o4)CC3)sc2c1. The van der Waals surface area contributed by atoms with Crippen LogP contribution in [0.2, 0.25) is 0 Å². The second-order valence-electron chi connectivity index (χ2n) is 6.14. The zero-order valence-electron chi connectivity index (χ0n) is 14.0. The minimum atomic E-state index is -0.649. The topological polar surface area (TPSA) is 92.7 Å². The molecule has 2 aromatic heterocycles. The Hall–Kier alpha value is -2.94. The third-order valence-electron chi connectivity index (χ3n) is 4.35. The first-order valence-electron chi connectivity index (χ1n) is 8.17. The van der Waals surface area contributed by atoms with E-state index in [1.807, 2.05) is 12.1 Å². The number of rotatable bonds is 3. The van der Waals surface area contributed by atoms with Gasteiger partial charge in [-0.15, -0.1) is 0 Å². The zero-order chi connectivity index (χ0) is 18.3. The number of piperazine rings is 1. The number of amides is 1. The molecule has 0 radical (unpaired) electrons. The van der Waals surface area contributed by atoms with E-state index in [4.69, 9.17) is 4.42 Å². The lowest BCUT2D eigenvalue weighted by molar-refractivity contribution is -0.402. The number of fused-ring (bicyclic) bond motifs is 1. The Morgan fingerprint density at radius 1 is 1.23 bits per heavy atom. The van der Waals surface area contributed by atoms with Crippen LogP contribution in [0.5, 0.6) is 0 Å². The lowest BCUT2D eigenvalue weighted by Gasteiger charge is -2.34. The lowest BCUT2D eigenvalue weighted by Crippen LogP contribution is -2.48. The Morgan fingerprint density at radius 3 is 2.69 bits per heavy atom. The van der Waals surface area contributed by atoms with Crippen molar-refractivity contribution in [1.82, 2.24) is 9.88 Å². The summed E-state index contributed by atoms with van der Waals surface area (Å²) in [5.74, 6) is -0.741. The summed E-state index contributed by atoms with van der Waals surface area (Å²) >= 11 is 1.65. The molecule has 1 amide bonds. The Morgan fingerprint density at radius 2 is 2.00 bits per heavy atom. The normalized spacial score (nSPS) is 14.8. The molecule has 0 saturated carbocycles. The lowest BCUT2D eigenvalue weighted by atomic mass is 10.2. The Kier molecular flexibility index (Phi) is 4.08. The maximum atomic E-state index is 12.4. The summed E-state index contributed by atoms with van der Waals surface area (Å²) in [5, 5.41) is 11.6. The fourth-order valence-corrected chi connectivity index (χ4v) is 4.07. The van der Waals surface area contributed by atoms with Gasteiger partial charge >= 0.3 is 5.88 Å². The van der Waals surface area contributed by atoms with Crippen LogP contribution >= 0.6 is 11.3 Å². The van der Waals surface area contributed by atoms with Crippen LogP contribution in [0.25, 0.3) is 10.2 Å². The minimum absolute atomic E-state index is 0.000567. The average Bonchev–Trinajstić information content (AvgIpc) is 3.28. The number of aryl methyl sites for hydroxylation is 1. The van der Waals surface area contributed by atoms with Crippen molar-refractivity contribution in [2.24, 2.45) is 0 Å². The van der Waals surface area contributed by atoms with E-state index >= 15 is 0 Å². The van der Waals surface area contributed by atoms with Gasteiger partial charge in [0, 0.05) is 26.2 Å². The number of carbonyl (C=O) groups is 1. The third-order valence-corrected chi connectivity index (χ3v) is 5.43. The highest BCUT2D eigenvalue weighted by molar-refractivity contribution is 7.22. The number of nitrogens with zero attached hydrogens (tertiary/aromatic N) is 4. The molecule has 0 bridgehead atoms. The number of aromatic nitrogens is 1. The van der Waals surface area contributed by atoms with E-state index in [0.29, 0.717) is 26.2 Å². The van der Waals surface area contributed by atoms with E-state index in [2.05, 4.69) is 22.9 Å². The van der Waals surface area contributed by atoms with Gasteiger partial charge in [-0.3, -0.25) is 14.9 Å². The predicted octanol–water partition coefficient (Wildman–Crippen LogP) is 3.07. The molecule has 0 spiro atoms. The molecule has 1 saturated heterocycles. The van der Waals surface area contributed by atoms with Gasteiger partial charge in [-0.2, -0.15) is 0 Å². The van der Waals surface area contributed by atoms with Gasteiger partial charge in [0.15, 0.2) is 10.9 Å². The smallest absolute Gasteiger partial charge is 0.395 e. The second kappa shape index (κ2) is 6.41. The first-order valence-corrected chi connectivity index (χ1v) is 8.98. The van der Waals surface area contributed by atoms with Gasteiger partial charge in [0.05, 0.1) is 16.3 Å². The van der Waals surface area contributed by atoms with Crippen molar-refractivity contribution in [1.29, 1.82) is 0 Å². The molecule has 1 aliphatic rings.